The largest absolute Gasteiger partial charge is 0.573 e. The molecule has 0 fully saturated rings. The first kappa shape index (κ1) is 26.9. The molecule has 0 saturated heterocycles. The Morgan fingerprint density at radius 3 is 2.50 bits per heavy atom. The number of nitrogens with zero attached hydrogens (tertiary/aromatic N) is 3. The molecule has 0 atom stereocenters. The van der Waals surface area contributed by atoms with Crippen LogP contribution in [0, 0.1) is 6.92 Å². The van der Waals surface area contributed by atoms with Crippen molar-refractivity contribution >= 4 is 11.7 Å². The van der Waals surface area contributed by atoms with Crippen molar-refractivity contribution in [1.82, 2.24) is 9.13 Å². The summed E-state index contributed by atoms with van der Waals surface area (Å²) in [5.41, 5.74) is -0.709. The lowest BCUT2D eigenvalue weighted by molar-refractivity contribution is -0.274. The van der Waals surface area contributed by atoms with Gasteiger partial charge in [-0.15, -0.1) is 13.2 Å². The van der Waals surface area contributed by atoms with Gasteiger partial charge < -0.3 is 19.3 Å². The fraction of sp³-hybridized carbons (Fsp3) is 0.409. The smallest absolute Gasteiger partial charge is 0.439 e. The second kappa shape index (κ2) is 11.7. The number of hydrogen-bond acceptors (Lipinski definition) is 7. The predicted octanol–water partition coefficient (Wildman–Crippen LogP) is 2.84. The minimum atomic E-state index is -4.87. The van der Waals surface area contributed by atoms with Gasteiger partial charge >= 0.3 is 12.1 Å². The zero-order chi connectivity index (χ0) is 25.5. The van der Waals surface area contributed by atoms with E-state index in [1.165, 1.54) is 26.1 Å². The summed E-state index contributed by atoms with van der Waals surface area (Å²) in [7, 11) is 1.42. The molecule has 9 nitrogen and oxygen atoms in total. The maximum Gasteiger partial charge on any atom is 0.573 e. The lowest BCUT2D eigenvalue weighted by atomic mass is 10.2. The maximum atomic E-state index is 12.8. The Hall–Kier alpha value is -3.38. The van der Waals surface area contributed by atoms with E-state index in [0.29, 0.717) is 12.0 Å². The highest BCUT2D eigenvalue weighted by Crippen LogP contribution is 2.27. The van der Waals surface area contributed by atoms with Crippen molar-refractivity contribution in [3.63, 3.8) is 0 Å². The van der Waals surface area contributed by atoms with Gasteiger partial charge in [-0.05, 0) is 25.5 Å². The van der Waals surface area contributed by atoms with Crippen molar-refractivity contribution in [2.24, 2.45) is 12.0 Å². The normalized spacial score (nSPS) is 12.0. The zero-order valence-corrected chi connectivity index (χ0v) is 19.0. The average molecular weight is 485 g/mol. The quantitative estimate of drug-likeness (QED) is 0.315. The third-order valence-corrected chi connectivity index (χ3v) is 4.62. The molecule has 0 aliphatic rings. The molecule has 0 amide bonds. The van der Waals surface area contributed by atoms with Crippen molar-refractivity contribution in [2.45, 2.75) is 33.2 Å². The predicted molar refractivity (Wildman–Crippen MR) is 119 cm³/mol. The molecule has 2 rings (SSSR count). The van der Waals surface area contributed by atoms with Gasteiger partial charge in [-0.2, -0.15) is 4.99 Å². The lowest BCUT2D eigenvalue weighted by Crippen LogP contribution is -2.41. The Bertz CT molecular complexity index is 1130. The van der Waals surface area contributed by atoms with Gasteiger partial charge in [0.15, 0.2) is 0 Å². The highest BCUT2D eigenvalue weighted by molar-refractivity contribution is 5.96. The van der Waals surface area contributed by atoms with E-state index >= 15 is 0 Å². The van der Waals surface area contributed by atoms with E-state index in [0.717, 1.165) is 21.3 Å². The van der Waals surface area contributed by atoms with E-state index in [-0.39, 0.29) is 49.4 Å². The summed E-state index contributed by atoms with van der Waals surface area (Å²) in [6.07, 6.45) is -4.49. The van der Waals surface area contributed by atoms with Crippen LogP contribution in [0.3, 0.4) is 0 Å². The molecular formula is C22H26F3N3O6. The molecule has 0 saturated carbocycles. The summed E-state index contributed by atoms with van der Waals surface area (Å²) in [5.74, 6) is -0.559. The molecule has 0 bridgehead atoms. The number of halogens is 3. The van der Waals surface area contributed by atoms with Crippen LogP contribution in [-0.4, -0.2) is 46.3 Å². The number of aliphatic imine (C=N–C) groups is 1. The van der Waals surface area contributed by atoms with Gasteiger partial charge in [-0.3, -0.25) is 13.9 Å². The van der Waals surface area contributed by atoms with Gasteiger partial charge in [0.1, 0.15) is 17.3 Å². The molecule has 186 valence electrons. The molecule has 34 heavy (non-hydrogen) atoms. The van der Waals surface area contributed by atoms with E-state index < -0.39 is 23.4 Å². The molecule has 1 aromatic carbocycles. The van der Waals surface area contributed by atoms with Crippen LogP contribution in [0.2, 0.25) is 0 Å². The summed E-state index contributed by atoms with van der Waals surface area (Å²) in [4.78, 5) is 29.8. The Kier molecular flexibility index (Phi) is 9.21. The summed E-state index contributed by atoms with van der Waals surface area (Å²) in [6.45, 7) is 7.02. The Morgan fingerprint density at radius 1 is 1.21 bits per heavy atom. The van der Waals surface area contributed by atoms with Crippen molar-refractivity contribution in [3.8, 4) is 11.5 Å². The monoisotopic (exact) mass is 485 g/mol. The van der Waals surface area contributed by atoms with Crippen LogP contribution in [0.25, 0.3) is 0 Å². The van der Waals surface area contributed by atoms with Crippen LogP contribution in [-0.2, 0) is 18.3 Å². The van der Waals surface area contributed by atoms with Crippen molar-refractivity contribution < 1.29 is 32.5 Å². The SMILES string of the molecule is C=C(CC)/C(=N\c1c(C)c(=O)n(CCOCCO)c(=O)n1C)Oc1cccc(OC(F)(F)F)c1. The van der Waals surface area contributed by atoms with Gasteiger partial charge in [0, 0.05) is 18.7 Å². The number of aliphatic hydroxyl groups is 1. The molecule has 12 heteroatoms. The van der Waals surface area contributed by atoms with Crippen molar-refractivity contribution in [1.29, 1.82) is 0 Å². The molecule has 0 aliphatic carbocycles. The summed E-state index contributed by atoms with van der Waals surface area (Å²) >= 11 is 0. The second-order valence-corrected chi connectivity index (χ2v) is 7.08. The van der Waals surface area contributed by atoms with E-state index in [1.54, 1.807) is 6.92 Å². The van der Waals surface area contributed by atoms with Gasteiger partial charge in [-0.25, -0.2) is 4.79 Å². The number of alkyl halides is 3. The molecule has 0 unspecified atom stereocenters. The van der Waals surface area contributed by atoms with Crippen LogP contribution in [0.5, 0.6) is 11.5 Å². The van der Waals surface area contributed by atoms with E-state index in [2.05, 4.69) is 16.3 Å². The molecule has 0 spiro atoms. The topological polar surface area (TPSA) is 104 Å². The van der Waals surface area contributed by atoms with Gasteiger partial charge in [0.05, 0.1) is 31.9 Å². The first-order valence-electron chi connectivity index (χ1n) is 10.3. The van der Waals surface area contributed by atoms with E-state index in [1.807, 2.05) is 0 Å². The molecule has 1 aromatic heterocycles. The minimum Gasteiger partial charge on any atom is -0.439 e. The standard InChI is InChI=1S/C22H26F3N3O6/c1-5-14(2)19(33-16-7-6-8-17(13-16)34-22(23,24)25)26-18-15(3)20(30)28(21(31)27(18)4)9-11-32-12-10-29/h6-8,13,29H,2,5,9-12H2,1,3-4H3/b26-19+. The summed E-state index contributed by atoms with van der Waals surface area (Å²) in [6, 6.07) is 4.85. The van der Waals surface area contributed by atoms with Crippen LogP contribution >= 0.6 is 0 Å². The fourth-order valence-electron chi connectivity index (χ4n) is 2.85. The first-order valence-corrected chi connectivity index (χ1v) is 10.3. The first-order chi connectivity index (χ1) is 16.0. The van der Waals surface area contributed by atoms with Crippen molar-refractivity contribution in [2.75, 3.05) is 19.8 Å². The van der Waals surface area contributed by atoms with Crippen LogP contribution in [0.15, 0.2) is 51.0 Å². The Labute approximate surface area is 193 Å². The van der Waals surface area contributed by atoms with Crippen molar-refractivity contribution in [3.05, 3.63) is 62.8 Å². The maximum absolute atomic E-state index is 12.8. The number of aromatic nitrogens is 2. The molecule has 2 aromatic rings. The third kappa shape index (κ3) is 7.06. The highest BCUT2D eigenvalue weighted by Gasteiger charge is 2.31. The molecule has 0 aliphatic heterocycles. The Balaban J connectivity index is 2.46. The average Bonchev–Trinajstić information content (AvgIpc) is 2.78. The van der Waals surface area contributed by atoms with Gasteiger partial charge in [-0.1, -0.05) is 19.6 Å². The number of aliphatic hydroxyl groups excluding tert-OH is 1. The molecule has 1 N–H and O–H groups in total. The molecule has 0 radical (unpaired) electrons. The fourth-order valence-corrected chi connectivity index (χ4v) is 2.85. The Morgan fingerprint density at radius 2 is 1.88 bits per heavy atom. The number of rotatable bonds is 10. The number of ether oxygens (including phenoxy) is 3. The second-order valence-electron chi connectivity index (χ2n) is 7.08. The zero-order valence-electron chi connectivity index (χ0n) is 19.0. The summed E-state index contributed by atoms with van der Waals surface area (Å²) in [5, 5.41) is 8.77. The van der Waals surface area contributed by atoms with E-state index in [4.69, 9.17) is 14.6 Å². The molecule has 1 heterocycles. The third-order valence-electron chi connectivity index (χ3n) is 4.62. The summed E-state index contributed by atoms with van der Waals surface area (Å²) < 4.78 is 54.4. The van der Waals surface area contributed by atoms with Crippen LogP contribution in [0.4, 0.5) is 19.0 Å². The van der Waals surface area contributed by atoms with Crippen LogP contribution in [0.1, 0.15) is 18.9 Å². The van der Waals surface area contributed by atoms with Gasteiger partial charge in [0.2, 0.25) is 5.90 Å². The number of hydrogen-bond donors (Lipinski definition) is 1. The minimum absolute atomic E-state index is 0.00729. The highest BCUT2D eigenvalue weighted by atomic mass is 19.4. The van der Waals surface area contributed by atoms with Crippen LogP contribution < -0.4 is 20.7 Å². The van der Waals surface area contributed by atoms with Gasteiger partial charge in [0.25, 0.3) is 5.56 Å². The lowest BCUT2D eigenvalue weighted by Gasteiger charge is -2.15. The molecular weight excluding hydrogens is 459 g/mol. The number of benzene rings is 1. The van der Waals surface area contributed by atoms with E-state index in [9.17, 15) is 22.8 Å².